The van der Waals surface area contributed by atoms with Crippen LogP contribution in [0.15, 0.2) is 29.2 Å². The van der Waals surface area contributed by atoms with Crippen LogP contribution in [-0.4, -0.2) is 21.9 Å². The molecule has 1 fully saturated rings. The van der Waals surface area contributed by atoms with Crippen molar-refractivity contribution in [3.63, 3.8) is 0 Å². The van der Waals surface area contributed by atoms with Crippen molar-refractivity contribution in [1.29, 1.82) is 0 Å². The summed E-state index contributed by atoms with van der Waals surface area (Å²) in [6.45, 7) is 0. The lowest BCUT2D eigenvalue weighted by Crippen LogP contribution is -2.15. The minimum Gasteiger partial charge on any atom is -0.508 e. The molecule has 0 radical (unpaired) electrons. The lowest BCUT2D eigenvalue weighted by molar-refractivity contribution is -0.143. The highest BCUT2D eigenvalue weighted by Gasteiger charge is 2.49. The predicted molar refractivity (Wildman–Crippen MR) is 62.8 cm³/mol. The minimum absolute atomic E-state index is 0.258. The van der Waals surface area contributed by atoms with Crippen LogP contribution in [0.1, 0.15) is 19.3 Å². The number of carboxylic acid groups (broad SMARTS) is 1. The molecule has 4 heteroatoms. The van der Waals surface area contributed by atoms with Gasteiger partial charge in [0, 0.05) is 4.90 Å². The Balaban J connectivity index is 1.80. The first-order valence-corrected chi connectivity index (χ1v) is 6.26. The first-order chi connectivity index (χ1) is 7.62. The molecule has 0 heterocycles. The molecule has 0 aromatic heterocycles. The van der Waals surface area contributed by atoms with Gasteiger partial charge < -0.3 is 10.2 Å². The predicted octanol–water partition coefficient (Wildman–Crippen LogP) is 2.74. The van der Waals surface area contributed by atoms with Crippen molar-refractivity contribution in [2.45, 2.75) is 24.2 Å². The Hall–Kier alpha value is -1.16. The highest BCUT2D eigenvalue weighted by Crippen LogP contribution is 2.49. The Morgan fingerprint density at radius 3 is 2.44 bits per heavy atom. The molecule has 0 spiro atoms. The summed E-state index contributed by atoms with van der Waals surface area (Å²) < 4.78 is 0. The number of phenols is 1. The second-order valence-electron chi connectivity index (χ2n) is 4.18. The monoisotopic (exact) mass is 238 g/mol. The number of rotatable bonds is 5. The van der Waals surface area contributed by atoms with E-state index in [0.717, 1.165) is 29.9 Å². The van der Waals surface area contributed by atoms with Crippen molar-refractivity contribution in [2.24, 2.45) is 5.41 Å². The zero-order valence-corrected chi connectivity index (χ0v) is 9.67. The molecule has 0 amide bonds. The van der Waals surface area contributed by atoms with Crippen LogP contribution in [0.2, 0.25) is 0 Å². The van der Waals surface area contributed by atoms with Gasteiger partial charge in [-0.3, -0.25) is 4.79 Å². The SMILES string of the molecule is O=C(O)C1(CCSc2ccc(O)cc2)CC1. The van der Waals surface area contributed by atoms with Crippen molar-refractivity contribution < 1.29 is 15.0 Å². The molecule has 0 unspecified atom stereocenters. The van der Waals surface area contributed by atoms with E-state index in [0.29, 0.717) is 0 Å². The fraction of sp³-hybridized carbons (Fsp3) is 0.417. The summed E-state index contributed by atoms with van der Waals surface area (Å²) in [6, 6.07) is 6.99. The maximum Gasteiger partial charge on any atom is 0.309 e. The minimum atomic E-state index is -0.654. The highest BCUT2D eigenvalue weighted by atomic mass is 32.2. The number of thioether (sulfide) groups is 1. The number of aromatic hydroxyl groups is 1. The highest BCUT2D eigenvalue weighted by molar-refractivity contribution is 7.99. The van der Waals surface area contributed by atoms with Gasteiger partial charge in [0.15, 0.2) is 0 Å². The van der Waals surface area contributed by atoms with Gasteiger partial charge >= 0.3 is 5.97 Å². The molecule has 1 saturated carbocycles. The quantitative estimate of drug-likeness (QED) is 0.774. The van der Waals surface area contributed by atoms with Crippen LogP contribution < -0.4 is 0 Å². The van der Waals surface area contributed by atoms with Crippen molar-refractivity contribution in [2.75, 3.05) is 5.75 Å². The van der Waals surface area contributed by atoms with Crippen LogP contribution in [0.4, 0.5) is 0 Å². The van der Waals surface area contributed by atoms with E-state index >= 15 is 0 Å². The summed E-state index contributed by atoms with van der Waals surface area (Å²) >= 11 is 1.64. The number of hydrogen-bond acceptors (Lipinski definition) is 3. The van der Waals surface area contributed by atoms with Crippen molar-refractivity contribution in [1.82, 2.24) is 0 Å². The maximum absolute atomic E-state index is 10.9. The number of hydrogen-bond donors (Lipinski definition) is 2. The molecule has 0 aliphatic heterocycles. The summed E-state index contributed by atoms with van der Waals surface area (Å²) in [5.74, 6) is 0.421. The van der Waals surface area contributed by atoms with E-state index in [1.165, 1.54) is 0 Å². The molecule has 0 atom stereocenters. The van der Waals surface area contributed by atoms with Gasteiger partial charge in [-0.2, -0.15) is 0 Å². The number of aliphatic carboxylic acids is 1. The van der Waals surface area contributed by atoms with Gasteiger partial charge in [0.25, 0.3) is 0 Å². The van der Waals surface area contributed by atoms with Gasteiger partial charge in [-0.1, -0.05) is 0 Å². The molecule has 1 aromatic rings. The third-order valence-electron chi connectivity index (χ3n) is 2.99. The average molecular weight is 238 g/mol. The van der Waals surface area contributed by atoms with Crippen molar-refractivity contribution in [3.05, 3.63) is 24.3 Å². The lowest BCUT2D eigenvalue weighted by Gasteiger charge is -2.08. The van der Waals surface area contributed by atoms with E-state index in [9.17, 15) is 4.79 Å². The van der Waals surface area contributed by atoms with Crippen LogP contribution in [-0.2, 0) is 4.79 Å². The second kappa shape index (κ2) is 4.37. The number of carbonyl (C=O) groups is 1. The Morgan fingerprint density at radius 1 is 1.31 bits per heavy atom. The average Bonchev–Trinajstić information content (AvgIpc) is 3.02. The van der Waals surface area contributed by atoms with Crippen LogP contribution in [0.3, 0.4) is 0 Å². The molecule has 1 aliphatic rings. The van der Waals surface area contributed by atoms with Gasteiger partial charge in [0.05, 0.1) is 5.41 Å². The Kier molecular flexibility index (Phi) is 3.10. The molecule has 1 aliphatic carbocycles. The van der Waals surface area contributed by atoms with E-state index in [1.54, 1.807) is 23.9 Å². The third kappa shape index (κ3) is 2.50. The van der Waals surface area contributed by atoms with Crippen LogP contribution in [0.5, 0.6) is 5.75 Å². The molecule has 2 rings (SSSR count). The topological polar surface area (TPSA) is 57.5 Å². The summed E-state index contributed by atoms with van der Waals surface area (Å²) in [6.07, 6.45) is 2.37. The van der Waals surface area contributed by atoms with Gasteiger partial charge in [0.1, 0.15) is 5.75 Å². The van der Waals surface area contributed by atoms with E-state index in [1.807, 2.05) is 12.1 Å². The normalized spacial score (nSPS) is 17.0. The molecular formula is C12H14O3S. The Labute approximate surface area is 98.5 Å². The molecule has 0 bridgehead atoms. The summed E-state index contributed by atoms with van der Waals surface area (Å²) in [7, 11) is 0. The zero-order valence-electron chi connectivity index (χ0n) is 8.85. The van der Waals surface area contributed by atoms with Gasteiger partial charge in [-0.05, 0) is 49.3 Å². The van der Waals surface area contributed by atoms with E-state index in [2.05, 4.69) is 0 Å². The largest absolute Gasteiger partial charge is 0.508 e. The third-order valence-corrected chi connectivity index (χ3v) is 4.01. The van der Waals surface area contributed by atoms with E-state index < -0.39 is 11.4 Å². The summed E-state index contributed by atoms with van der Waals surface area (Å²) in [5, 5.41) is 18.1. The summed E-state index contributed by atoms with van der Waals surface area (Å²) in [5.41, 5.74) is -0.427. The molecule has 86 valence electrons. The standard InChI is InChI=1S/C12H14O3S/c13-9-1-3-10(4-2-9)16-8-7-12(5-6-12)11(14)15/h1-4,13H,5-8H2,(H,14,15). The first-order valence-electron chi connectivity index (χ1n) is 5.28. The number of benzene rings is 1. The smallest absolute Gasteiger partial charge is 0.309 e. The van der Waals surface area contributed by atoms with Crippen LogP contribution >= 0.6 is 11.8 Å². The Bertz CT molecular complexity index is 382. The summed E-state index contributed by atoms with van der Waals surface area (Å²) in [4.78, 5) is 12.0. The number of carboxylic acids is 1. The van der Waals surface area contributed by atoms with Gasteiger partial charge in [0.2, 0.25) is 0 Å². The Morgan fingerprint density at radius 2 is 1.94 bits per heavy atom. The van der Waals surface area contributed by atoms with Gasteiger partial charge in [-0.25, -0.2) is 0 Å². The van der Waals surface area contributed by atoms with E-state index in [4.69, 9.17) is 10.2 Å². The molecule has 0 saturated heterocycles. The fourth-order valence-electron chi connectivity index (χ4n) is 1.63. The van der Waals surface area contributed by atoms with Crippen LogP contribution in [0.25, 0.3) is 0 Å². The molecule has 1 aromatic carbocycles. The molecule has 3 nitrogen and oxygen atoms in total. The fourth-order valence-corrected chi connectivity index (χ4v) is 2.69. The lowest BCUT2D eigenvalue weighted by atomic mass is 10.1. The molecule has 16 heavy (non-hydrogen) atoms. The maximum atomic E-state index is 10.9. The van der Waals surface area contributed by atoms with Gasteiger partial charge in [-0.15, -0.1) is 11.8 Å². The van der Waals surface area contributed by atoms with Crippen molar-refractivity contribution >= 4 is 17.7 Å². The molecule has 2 N–H and O–H groups in total. The second-order valence-corrected chi connectivity index (χ2v) is 5.35. The van der Waals surface area contributed by atoms with E-state index in [-0.39, 0.29) is 5.75 Å². The van der Waals surface area contributed by atoms with Crippen LogP contribution in [0, 0.1) is 5.41 Å². The van der Waals surface area contributed by atoms with Crippen molar-refractivity contribution in [3.8, 4) is 5.75 Å². The zero-order chi connectivity index (χ0) is 11.6. The number of phenolic OH excluding ortho intramolecular Hbond substituents is 1. The molecular weight excluding hydrogens is 224 g/mol. The first kappa shape index (κ1) is 11.3.